The van der Waals surface area contributed by atoms with Gasteiger partial charge in [-0.05, 0) is 11.4 Å². The molecule has 1 heterocycles. The molecule has 0 saturated heterocycles. The van der Waals surface area contributed by atoms with E-state index in [1.165, 1.54) is 11.3 Å². The Morgan fingerprint density at radius 1 is 1.56 bits per heavy atom. The Bertz CT molecular complexity index is 174. The lowest BCUT2D eigenvalue weighted by atomic mass is 10.5. The molecule has 0 N–H and O–H groups in total. The van der Waals surface area contributed by atoms with Crippen molar-refractivity contribution < 1.29 is 4.79 Å². The van der Waals surface area contributed by atoms with Crippen LogP contribution in [0.1, 0.15) is 9.67 Å². The van der Waals surface area contributed by atoms with Crippen molar-refractivity contribution in [1.29, 1.82) is 0 Å². The van der Waals surface area contributed by atoms with Crippen molar-refractivity contribution in [3.05, 3.63) is 22.4 Å². The van der Waals surface area contributed by atoms with E-state index in [0.717, 1.165) is 11.2 Å². The summed E-state index contributed by atoms with van der Waals surface area (Å²) in [6.45, 7) is 0. The van der Waals surface area contributed by atoms with Gasteiger partial charge in [0.2, 0.25) is 0 Å². The Morgan fingerprint density at radius 3 is 2.44 bits per heavy atom. The van der Waals surface area contributed by atoms with Crippen LogP contribution in [-0.2, 0) is 0 Å². The van der Waals surface area contributed by atoms with Crippen molar-refractivity contribution in [3.63, 3.8) is 0 Å². The van der Waals surface area contributed by atoms with E-state index in [-0.39, 0.29) is 0 Å². The van der Waals surface area contributed by atoms with Crippen LogP contribution in [-0.4, -0.2) is 6.29 Å². The Morgan fingerprint density at radius 2 is 2.22 bits per heavy atom. The molecule has 0 bridgehead atoms. The molecule has 0 unspecified atom stereocenters. The number of aldehydes is 1. The Hall–Kier alpha value is -1.07. The lowest BCUT2D eigenvalue weighted by Crippen LogP contribution is -1.61. The summed E-state index contributed by atoms with van der Waals surface area (Å²) in [6, 6.07) is 3.64. The summed E-state index contributed by atoms with van der Waals surface area (Å²) in [6.07, 6.45) is 8.85. The van der Waals surface area contributed by atoms with Gasteiger partial charge in [0, 0.05) is 0 Å². The molecule has 0 aliphatic rings. The first-order valence-electron chi connectivity index (χ1n) is 2.25. The van der Waals surface area contributed by atoms with Gasteiger partial charge in [-0.1, -0.05) is 6.07 Å². The maximum atomic E-state index is 9.88. The fourth-order valence-corrected chi connectivity index (χ4v) is 0.885. The molecule has 0 aliphatic heterocycles. The third-order valence-corrected chi connectivity index (χ3v) is 1.46. The second-order valence-corrected chi connectivity index (χ2v) is 2.11. The van der Waals surface area contributed by atoms with E-state index in [9.17, 15) is 4.79 Å². The van der Waals surface area contributed by atoms with Gasteiger partial charge in [0.05, 0.1) is 4.88 Å². The third-order valence-electron chi connectivity index (χ3n) is 0.659. The summed E-state index contributed by atoms with van der Waals surface area (Å²) in [7, 11) is 0. The van der Waals surface area contributed by atoms with E-state index < -0.39 is 0 Å². The van der Waals surface area contributed by atoms with Gasteiger partial charge in [0.15, 0.2) is 6.29 Å². The van der Waals surface area contributed by atoms with Gasteiger partial charge in [-0.3, -0.25) is 4.79 Å². The van der Waals surface area contributed by atoms with E-state index in [1.807, 2.05) is 11.4 Å². The van der Waals surface area contributed by atoms with Crippen molar-refractivity contribution in [1.82, 2.24) is 0 Å². The van der Waals surface area contributed by atoms with Crippen LogP contribution in [0.5, 0.6) is 0 Å². The topological polar surface area (TPSA) is 17.1 Å². The predicted octanol–water partition coefficient (Wildman–Crippen LogP) is 1.81. The zero-order valence-electron chi connectivity index (χ0n) is 4.78. The molecule has 0 fully saturated rings. The second kappa shape index (κ2) is 5.07. The maximum absolute atomic E-state index is 9.88. The highest BCUT2D eigenvalue weighted by atomic mass is 32.1. The summed E-state index contributed by atoms with van der Waals surface area (Å²) in [4.78, 5) is 10.7. The molecule has 1 nitrogen and oxygen atoms in total. The first-order valence-corrected chi connectivity index (χ1v) is 3.13. The number of hydrogen-bond donors (Lipinski definition) is 0. The molecule has 46 valence electrons. The highest BCUT2D eigenvalue weighted by Gasteiger charge is 1.82. The van der Waals surface area contributed by atoms with Gasteiger partial charge >= 0.3 is 0 Å². The lowest BCUT2D eigenvalue weighted by molar-refractivity contribution is 0.112. The third kappa shape index (κ3) is 2.68. The number of rotatable bonds is 1. The molecule has 1 rings (SSSR count). The SMILES string of the molecule is C#C.O=Cc1cccs1. The van der Waals surface area contributed by atoms with Crippen LogP contribution in [0.25, 0.3) is 0 Å². The van der Waals surface area contributed by atoms with Gasteiger partial charge in [-0.2, -0.15) is 0 Å². The van der Waals surface area contributed by atoms with Crippen LogP contribution in [0.3, 0.4) is 0 Å². The fourth-order valence-electron chi connectivity index (χ4n) is 0.358. The molecular weight excluding hydrogens is 132 g/mol. The monoisotopic (exact) mass is 138 g/mol. The van der Waals surface area contributed by atoms with Crippen LogP contribution >= 0.6 is 11.3 Å². The molecule has 9 heavy (non-hydrogen) atoms. The van der Waals surface area contributed by atoms with Crippen molar-refractivity contribution in [2.45, 2.75) is 0 Å². The Balaban J connectivity index is 0.000000291. The standard InChI is InChI=1S/C5H4OS.C2H2/c6-4-5-2-1-3-7-5;1-2/h1-4H;1-2H. The molecule has 1 aromatic rings. The quantitative estimate of drug-likeness (QED) is 0.427. The summed E-state index contributed by atoms with van der Waals surface area (Å²) in [5.41, 5.74) is 0. The number of terminal acetylenes is 1. The van der Waals surface area contributed by atoms with Gasteiger partial charge in [0.25, 0.3) is 0 Å². The molecule has 0 amide bonds. The van der Waals surface area contributed by atoms with E-state index in [2.05, 4.69) is 12.8 Å². The minimum absolute atomic E-state index is 0.792. The zero-order chi connectivity index (χ0) is 7.11. The molecule has 1 aromatic heterocycles. The molecule has 0 saturated carbocycles. The number of thiophene rings is 1. The van der Waals surface area contributed by atoms with E-state index in [1.54, 1.807) is 6.07 Å². The molecule has 0 radical (unpaired) electrons. The minimum atomic E-state index is 0.792. The average molecular weight is 138 g/mol. The maximum Gasteiger partial charge on any atom is 0.159 e. The van der Waals surface area contributed by atoms with Crippen LogP contribution in [0.2, 0.25) is 0 Å². The summed E-state index contributed by atoms with van der Waals surface area (Å²) < 4.78 is 0. The second-order valence-electron chi connectivity index (χ2n) is 1.13. The highest BCUT2D eigenvalue weighted by Crippen LogP contribution is 2.02. The highest BCUT2D eigenvalue weighted by molar-refractivity contribution is 7.11. The van der Waals surface area contributed by atoms with Crippen molar-refractivity contribution in [2.24, 2.45) is 0 Å². The van der Waals surface area contributed by atoms with Crippen molar-refractivity contribution in [3.8, 4) is 12.8 Å². The summed E-state index contributed by atoms with van der Waals surface area (Å²) in [5.74, 6) is 0. The van der Waals surface area contributed by atoms with Crippen LogP contribution in [0.4, 0.5) is 0 Å². The number of carbonyl (C=O) groups is 1. The normalized spacial score (nSPS) is 6.89. The fraction of sp³-hybridized carbons (Fsp3) is 0. The van der Waals surface area contributed by atoms with Gasteiger partial charge in [-0.25, -0.2) is 0 Å². The van der Waals surface area contributed by atoms with Gasteiger partial charge in [-0.15, -0.1) is 24.2 Å². The average Bonchev–Trinajstić information content (AvgIpc) is 2.43. The number of carbonyl (C=O) groups excluding carboxylic acids is 1. The molecule has 0 aliphatic carbocycles. The van der Waals surface area contributed by atoms with Crippen LogP contribution < -0.4 is 0 Å². The zero-order valence-corrected chi connectivity index (χ0v) is 5.60. The summed E-state index contributed by atoms with van der Waals surface area (Å²) in [5, 5.41) is 1.88. The molecule has 2 heteroatoms. The Kier molecular flexibility index (Phi) is 4.47. The lowest BCUT2D eigenvalue weighted by Gasteiger charge is -1.66. The van der Waals surface area contributed by atoms with Crippen molar-refractivity contribution >= 4 is 17.6 Å². The number of hydrogen-bond acceptors (Lipinski definition) is 2. The minimum Gasteiger partial charge on any atom is -0.297 e. The van der Waals surface area contributed by atoms with E-state index in [0.29, 0.717) is 0 Å². The smallest absolute Gasteiger partial charge is 0.159 e. The van der Waals surface area contributed by atoms with Gasteiger partial charge in [0.1, 0.15) is 0 Å². The molecule has 0 spiro atoms. The first-order chi connectivity index (χ1) is 4.43. The molecular formula is C7H6OS. The largest absolute Gasteiger partial charge is 0.297 e. The summed E-state index contributed by atoms with van der Waals surface area (Å²) >= 11 is 1.45. The molecule has 0 aromatic carbocycles. The van der Waals surface area contributed by atoms with Crippen molar-refractivity contribution in [2.75, 3.05) is 0 Å². The van der Waals surface area contributed by atoms with Gasteiger partial charge < -0.3 is 0 Å². The predicted molar refractivity (Wildman–Crippen MR) is 39.6 cm³/mol. The Labute approximate surface area is 58.3 Å². The van der Waals surface area contributed by atoms with E-state index >= 15 is 0 Å². The first kappa shape index (κ1) is 7.93. The van der Waals surface area contributed by atoms with Crippen LogP contribution in [0.15, 0.2) is 17.5 Å². The van der Waals surface area contributed by atoms with E-state index in [4.69, 9.17) is 0 Å². The molecule has 0 atom stereocenters. The van der Waals surface area contributed by atoms with Crippen LogP contribution in [0, 0.1) is 12.8 Å².